The van der Waals surface area contributed by atoms with E-state index in [1.807, 2.05) is 6.07 Å². The van der Waals surface area contributed by atoms with Gasteiger partial charge in [-0.25, -0.2) is 15.0 Å². The summed E-state index contributed by atoms with van der Waals surface area (Å²) in [5, 5.41) is 9.67. The summed E-state index contributed by atoms with van der Waals surface area (Å²) in [6.07, 6.45) is 6.83. The maximum absolute atomic E-state index is 5.38. The third-order valence-electron chi connectivity index (χ3n) is 16.9. The molecule has 4 heteroatoms. The number of hydrogen-bond donors (Lipinski definition) is 0. The number of benzene rings is 10. The topological polar surface area (TPSA) is 41.9 Å². The Balaban J connectivity index is 0.910. The Morgan fingerprint density at radius 2 is 0.826 bits per heavy atom. The minimum Gasteiger partial charge on any atom is -0.310 e. The lowest BCUT2D eigenvalue weighted by Gasteiger charge is -2.64. The summed E-state index contributed by atoms with van der Waals surface area (Å²) in [5.74, 6) is 5.05. The van der Waals surface area contributed by atoms with Gasteiger partial charge in [-0.1, -0.05) is 170 Å². The third kappa shape index (κ3) is 5.78. The molecule has 0 atom stereocenters. The van der Waals surface area contributed by atoms with Gasteiger partial charge in [-0.05, 0) is 158 Å². The third-order valence-corrected chi connectivity index (χ3v) is 16.9. The lowest BCUT2D eigenvalue weighted by atomic mass is 9.41. The molecule has 1 aromatic heterocycles. The summed E-state index contributed by atoms with van der Waals surface area (Å²) in [6, 6.07) is 75.8. The van der Waals surface area contributed by atoms with Crippen LogP contribution in [0.1, 0.15) is 43.2 Å². The SMILES string of the molecule is c1ccc(-c2nc(-c3ccc4c5ccccc5c5ccccc5c4c3)nc(-c3ccc(-c4ccc5c(c4)N(c4ccccc4)c4ccccc4C54C5CC6CC(C5)CC4C6)c4ccccc34)n2)cc1. The molecule has 4 bridgehead atoms. The molecule has 10 aromatic carbocycles. The quantitative estimate of drug-likeness (QED) is 0.162. The summed E-state index contributed by atoms with van der Waals surface area (Å²) in [5.41, 5.74) is 12.3. The van der Waals surface area contributed by atoms with Crippen LogP contribution < -0.4 is 4.90 Å². The largest absolute Gasteiger partial charge is 0.310 e. The zero-order valence-electron chi connectivity index (χ0n) is 38.3. The van der Waals surface area contributed by atoms with Crippen LogP contribution in [0.5, 0.6) is 0 Å². The van der Waals surface area contributed by atoms with Crippen LogP contribution in [0.25, 0.3) is 88.4 Å². The number of nitrogens with zero attached hydrogens (tertiary/aromatic N) is 4. The van der Waals surface area contributed by atoms with Crippen LogP contribution in [0.15, 0.2) is 206 Å². The van der Waals surface area contributed by atoms with E-state index in [0.717, 1.165) is 33.9 Å². The van der Waals surface area contributed by atoms with E-state index in [2.05, 4.69) is 205 Å². The van der Waals surface area contributed by atoms with Gasteiger partial charge in [0.25, 0.3) is 0 Å². The van der Waals surface area contributed by atoms with Crippen LogP contribution in [-0.2, 0) is 5.41 Å². The van der Waals surface area contributed by atoms with Gasteiger partial charge >= 0.3 is 0 Å². The van der Waals surface area contributed by atoms with Crippen molar-refractivity contribution in [3.8, 4) is 45.3 Å². The number of rotatable bonds is 5. The average Bonchev–Trinajstić information content (AvgIpc) is 3.41. The molecule has 4 fully saturated rings. The van der Waals surface area contributed by atoms with Crippen molar-refractivity contribution in [1.29, 1.82) is 0 Å². The van der Waals surface area contributed by atoms with Gasteiger partial charge in [0.1, 0.15) is 0 Å². The van der Waals surface area contributed by atoms with Crippen LogP contribution in [-0.4, -0.2) is 15.0 Å². The molecule has 1 aliphatic heterocycles. The van der Waals surface area contributed by atoms with Crippen molar-refractivity contribution in [1.82, 2.24) is 15.0 Å². The first-order valence-corrected chi connectivity index (χ1v) is 24.9. The first-order valence-electron chi connectivity index (χ1n) is 24.9. The molecule has 0 N–H and O–H groups in total. The number of aromatic nitrogens is 3. The Morgan fingerprint density at radius 3 is 1.51 bits per heavy atom. The van der Waals surface area contributed by atoms with Gasteiger partial charge in [-0.2, -0.15) is 0 Å². The van der Waals surface area contributed by atoms with E-state index in [0.29, 0.717) is 29.3 Å². The Morgan fingerprint density at radius 1 is 0.333 bits per heavy atom. The summed E-state index contributed by atoms with van der Waals surface area (Å²) in [4.78, 5) is 18.4. The molecule has 0 radical (unpaired) electrons. The predicted molar refractivity (Wildman–Crippen MR) is 284 cm³/mol. The molecule has 1 spiro atoms. The second-order valence-corrected chi connectivity index (χ2v) is 20.3. The minimum absolute atomic E-state index is 0.0217. The van der Waals surface area contributed by atoms with Gasteiger partial charge in [0.05, 0.1) is 11.4 Å². The number of fused-ring (bicyclic) bond motifs is 9. The molecule has 328 valence electrons. The molecule has 11 aromatic rings. The fourth-order valence-corrected chi connectivity index (χ4v) is 14.3. The first-order chi connectivity index (χ1) is 34.2. The van der Waals surface area contributed by atoms with E-state index < -0.39 is 0 Å². The van der Waals surface area contributed by atoms with Gasteiger partial charge in [0, 0.05) is 27.8 Å². The molecule has 0 saturated heterocycles. The van der Waals surface area contributed by atoms with Gasteiger partial charge < -0.3 is 4.90 Å². The predicted octanol–water partition coefficient (Wildman–Crippen LogP) is 16.7. The number of hydrogen-bond acceptors (Lipinski definition) is 4. The minimum atomic E-state index is 0.0217. The highest BCUT2D eigenvalue weighted by atomic mass is 15.2. The maximum Gasteiger partial charge on any atom is 0.164 e. The van der Waals surface area contributed by atoms with E-state index >= 15 is 0 Å². The van der Waals surface area contributed by atoms with Crippen LogP contribution in [0.2, 0.25) is 0 Å². The first kappa shape index (κ1) is 39.1. The molecule has 16 rings (SSSR count). The van der Waals surface area contributed by atoms with Gasteiger partial charge in [-0.15, -0.1) is 0 Å². The molecule has 4 saturated carbocycles. The molecule has 69 heavy (non-hydrogen) atoms. The van der Waals surface area contributed by atoms with Crippen molar-refractivity contribution in [2.24, 2.45) is 23.7 Å². The van der Waals surface area contributed by atoms with Crippen LogP contribution >= 0.6 is 0 Å². The van der Waals surface area contributed by atoms with Gasteiger partial charge in [0.15, 0.2) is 17.5 Å². The average molecular weight is 885 g/mol. The molecular weight excluding hydrogens is 837 g/mol. The van der Waals surface area contributed by atoms with Crippen molar-refractivity contribution < 1.29 is 0 Å². The zero-order chi connectivity index (χ0) is 45.2. The summed E-state index contributed by atoms with van der Waals surface area (Å²) in [7, 11) is 0. The maximum atomic E-state index is 5.38. The number of para-hydroxylation sites is 2. The lowest BCUT2D eigenvalue weighted by molar-refractivity contribution is -0.0419. The molecule has 2 heterocycles. The monoisotopic (exact) mass is 884 g/mol. The smallest absolute Gasteiger partial charge is 0.164 e. The highest BCUT2D eigenvalue weighted by Gasteiger charge is 2.61. The summed E-state index contributed by atoms with van der Waals surface area (Å²) in [6.45, 7) is 0. The molecule has 0 unspecified atom stereocenters. The lowest BCUT2D eigenvalue weighted by Crippen LogP contribution is -2.57. The van der Waals surface area contributed by atoms with E-state index in [1.165, 1.54) is 109 Å². The molecule has 4 aliphatic carbocycles. The fraction of sp³-hybridized carbons (Fsp3) is 0.154. The van der Waals surface area contributed by atoms with Crippen LogP contribution in [0, 0.1) is 23.7 Å². The highest BCUT2D eigenvalue weighted by Crippen LogP contribution is 2.69. The van der Waals surface area contributed by atoms with E-state index in [9.17, 15) is 0 Å². The van der Waals surface area contributed by atoms with Gasteiger partial charge in [-0.3, -0.25) is 0 Å². The van der Waals surface area contributed by atoms with Gasteiger partial charge in [0.2, 0.25) is 0 Å². The molecule has 5 aliphatic rings. The normalized spacial score (nSPS) is 21.1. The van der Waals surface area contributed by atoms with Crippen molar-refractivity contribution >= 4 is 60.2 Å². The fourth-order valence-electron chi connectivity index (χ4n) is 14.3. The van der Waals surface area contributed by atoms with Crippen molar-refractivity contribution in [3.63, 3.8) is 0 Å². The second kappa shape index (κ2) is 15.0. The van der Waals surface area contributed by atoms with E-state index in [4.69, 9.17) is 15.0 Å². The Hall–Kier alpha value is -7.95. The summed E-state index contributed by atoms with van der Waals surface area (Å²) < 4.78 is 0. The van der Waals surface area contributed by atoms with Crippen molar-refractivity contribution in [2.75, 3.05) is 4.90 Å². The van der Waals surface area contributed by atoms with E-state index in [1.54, 1.807) is 0 Å². The molecule has 0 amide bonds. The molecular formula is C65H48N4. The Bertz CT molecular complexity index is 3810. The van der Waals surface area contributed by atoms with Crippen LogP contribution in [0.4, 0.5) is 17.1 Å². The molecule has 4 nitrogen and oxygen atoms in total. The van der Waals surface area contributed by atoms with Crippen LogP contribution in [0.3, 0.4) is 0 Å². The van der Waals surface area contributed by atoms with Crippen molar-refractivity contribution in [2.45, 2.75) is 37.5 Å². The highest BCUT2D eigenvalue weighted by molar-refractivity contribution is 6.25. The second-order valence-electron chi connectivity index (χ2n) is 20.3. The standard InChI is InChI=1S/C65H48N4/c1-3-15-42(16-4-1)62-66-63(44-27-29-55-52-22-9-8-20-50(52)51-21-10-12-24-54(51)57(55)38-44)68-64(67-62)56-31-30-48(49-19-7-11-23-53(49)56)43-28-32-59-61(39-43)69(47-17-5-2-6-18-47)60-26-14-13-25-58(60)65(59)45-34-40-33-41(36-45)37-46(65)35-40/h1-32,38-41,45-46H,33-37H2. The Kier molecular flexibility index (Phi) is 8.51. The Labute approximate surface area is 402 Å². The zero-order valence-corrected chi connectivity index (χ0v) is 38.3. The van der Waals surface area contributed by atoms with E-state index in [-0.39, 0.29) is 5.41 Å². The van der Waals surface area contributed by atoms with Crippen molar-refractivity contribution in [3.05, 3.63) is 217 Å². The summed E-state index contributed by atoms with van der Waals surface area (Å²) >= 11 is 0. The number of anilines is 3.